The van der Waals surface area contributed by atoms with Crippen molar-refractivity contribution in [3.8, 4) is 6.07 Å². The maximum absolute atomic E-state index is 8.68. The molecule has 4 heteroatoms. The highest BCUT2D eigenvalue weighted by Gasteiger charge is 2.06. The summed E-state index contributed by atoms with van der Waals surface area (Å²) < 4.78 is 5.09. The summed E-state index contributed by atoms with van der Waals surface area (Å²) >= 11 is 0. The zero-order valence-electron chi connectivity index (χ0n) is 11.1. The number of benzene rings is 1. The number of hydrogen-bond acceptors (Lipinski definition) is 4. The fourth-order valence-electron chi connectivity index (χ4n) is 1.75. The van der Waals surface area contributed by atoms with Gasteiger partial charge in [0.15, 0.2) is 0 Å². The second-order valence-electron chi connectivity index (χ2n) is 4.27. The van der Waals surface area contributed by atoms with E-state index in [1.807, 2.05) is 31.2 Å². The van der Waals surface area contributed by atoms with Gasteiger partial charge < -0.3 is 15.4 Å². The molecule has 4 nitrogen and oxygen atoms in total. The largest absolute Gasteiger partial charge is 0.383 e. The van der Waals surface area contributed by atoms with Gasteiger partial charge in [-0.05, 0) is 24.6 Å². The molecule has 1 aromatic carbocycles. The lowest BCUT2D eigenvalue weighted by molar-refractivity contribution is 0.205. The molecular weight excluding hydrogens is 226 g/mol. The van der Waals surface area contributed by atoms with E-state index >= 15 is 0 Å². The van der Waals surface area contributed by atoms with Crippen molar-refractivity contribution in [3.63, 3.8) is 0 Å². The van der Waals surface area contributed by atoms with Gasteiger partial charge in [-0.3, -0.25) is 0 Å². The molecule has 98 valence electrons. The Labute approximate surface area is 109 Å². The molecule has 0 bridgehead atoms. The standard InChI is InChI=1S/C14H21N3O/c1-12(16)13-4-6-14(7-5-13)17(9-3-8-15)10-11-18-2/h4-7,12H,3,9-11,16H2,1-2H3/t12-/m1/s1. The van der Waals surface area contributed by atoms with E-state index in [1.165, 1.54) is 0 Å². The van der Waals surface area contributed by atoms with Crippen molar-refractivity contribution < 1.29 is 4.74 Å². The quantitative estimate of drug-likeness (QED) is 0.801. The van der Waals surface area contributed by atoms with Crippen LogP contribution in [0.1, 0.15) is 24.9 Å². The first-order valence-corrected chi connectivity index (χ1v) is 6.15. The van der Waals surface area contributed by atoms with Crippen LogP contribution < -0.4 is 10.6 Å². The number of anilines is 1. The Morgan fingerprint density at radius 3 is 2.50 bits per heavy atom. The lowest BCUT2D eigenvalue weighted by atomic mass is 10.1. The molecule has 18 heavy (non-hydrogen) atoms. The average molecular weight is 247 g/mol. The van der Waals surface area contributed by atoms with Crippen molar-refractivity contribution >= 4 is 5.69 Å². The zero-order valence-corrected chi connectivity index (χ0v) is 11.1. The molecule has 0 unspecified atom stereocenters. The second-order valence-corrected chi connectivity index (χ2v) is 4.27. The molecule has 0 heterocycles. The number of ether oxygens (including phenoxy) is 1. The smallest absolute Gasteiger partial charge is 0.0640 e. The van der Waals surface area contributed by atoms with Crippen molar-refractivity contribution in [1.82, 2.24) is 0 Å². The molecule has 1 aromatic rings. The molecule has 1 rings (SSSR count). The van der Waals surface area contributed by atoms with Crippen LogP contribution in [0.2, 0.25) is 0 Å². The third-order valence-electron chi connectivity index (χ3n) is 2.84. The van der Waals surface area contributed by atoms with Gasteiger partial charge in [-0.15, -0.1) is 0 Å². The molecule has 2 N–H and O–H groups in total. The minimum Gasteiger partial charge on any atom is -0.383 e. The van der Waals surface area contributed by atoms with Gasteiger partial charge in [0.05, 0.1) is 19.1 Å². The Balaban J connectivity index is 2.74. The molecule has 0 spiro atoms. The van der Waals surface area contributed by atoms with Crippen molar-refractivity contribution in [3.05, 3.63) is 29.8 Å². The van der Waals surface area contributed by atoms with E-state index in [-0.39, 0.29) is 6.04 Å². The third kappa shape index (κ3) is 4.36. The minimum absolute atomic E-state index is 0.0468. The second kappa shape index (κ2) is 7.70. The summed E-state index contributed by atoms with van der Waals surface area (Å²) in [5, 5.41) is 8.68. The van der Waals surface area contributed by atoms with E-state index in [4.69, 9.17) is 15.7 Å². The van der Waals surface area contributed by atoms with Gasteiger partial charge in [-0.1, -0.05) is 12.1 Å². The van der Waals surface area contributed by atoms with Crippen LogP contribution in [0, 0.1) is 11.3 Å². The molecule has 0 saturated heterocycles. The summed E-state index contributed by atoms with van der Waals surface area (Å²) in [7, 11) is 1.68. The van der Waals surface area contributed by atoms with Crippen LogP contribution >= 0.6 is 0 Å². The normalized spacial score (nSPS) is 11.9. The highest BCUT2D eigenvalue weighted by molar-refractivity contribution is 5.48. The van der Waals surface area contributed by atoms with Crippen molar-refractivity contribution in [1.29, 1.82) is 5.26 Å². The van der Waals surface area contributed by atoms with Crippen LogP contribution in [0.25, 0.3) is 0 Å². The highest BCUT2D eigenvalue weighted by atomic mass is 16.5. The molecule has 1 atom stereocenters. The topological polar surface area (TPSA) is 62.3 Å². The van der Waals surface area contributed by atoms with Gasteiger partial charge >= 0.3 is 0 Å². The molecule has 0 aliphatic heterocycles. The van der Waals surface area contributed by atoms with Gasteiger partial charge in [-0.25, -0.2) is 0 Å². The first-order valence-electron chi connectivity index (χ1n) is 6.15. The Morgan fingerprint density at radius 2 is 2.00 bits per heavy atom. The lowest BCUT2D eigenvalue weighted by Gasteiger charge is -2.24. The van der Waals surface area contributed by atoms with E-state index in [0.29, 0.717) is 13.0 Å². The number of nitrogens with two attached hydrogens (primary N) is 1. The van der Waals surface area contributed by atoms with E-state index in [9.17, 15) is 0 Å². The van der Waals surface area contributed by atoms with E-state index in [2.05, 4.69) is 11.0 Å². The fraction of sp³-hybridized carbons (Fsp3) is 0.500. The van der Waals surface area contributed by atoms with Crippen LogP contribution in [0.4, 0.5) is 5.69 Å². The van der Waals surface area contributed by atoms with Gasteiger partial charge in [0.1, 0.15) is 0 Å². The predicted molar refractivity (Wildman–Crippen MR) is 73.4 cm³/mol. The van der Waals surface area contributed by atoms with Crippen LogP contribution in [0.3, 0.4) is 0 Å². The molecular formula is C14H21N3O. The number of nitrogens with zero attached hydrogens (tertiary/aromatic N) is 2. The predicted octanol–water partition coefficient (Wildman–Crippen LogP) is 2.07. The highest BCUT2D eigenvalue weighted by Crippen LogP contribution is 2.18. The lowest BCUT2D eigenvalue weighted by Crippen LogP contribution is -2.28. The van der Waals surface area contributed by atoms with Crippen molar-refractivity contribution in [2.75, 3.05) is 31.7 Å². The fourth-order valence-corrected chi connectivity index (χ4v) is 1.75. The van der Waals surface area contributed by atoms with Gasteiger partial charge in [0.2, 0.25) is 0 Å². The Bertz CT molecular complexity index is 381. The first-order chi connectivity index (χ1) is 8.69. The van der Waals surface area contributed by atoms with Gasteiger partial charge in [-0.2, -0.15) is 5.26 Å². The van der Waals surface area contributed by atoms with Crippen molar-refractivity contribution in [2.24, 2.45) is 5.73 Å². The summed E-state index contributed by atoms with van der Waals surface area (Å²) in [6, 6.07) is 10.4. The maximum atomic E-state index is 8.68. The van der Waals surface area contributed by atoms with Crippen LogP contribution in [-0.4, -0.2) is 26.8 Å². The molecule has 0 aliphatic rings. The third-order valence-corrected chi connectivity index (χ3v) is 2.84. The molecule has 0 amide bonds. The van der Waals surface area contributed by atoms with Crippen LogP contribution in [-0.2, 0) is 4.74 Å². The molecule has 0 aliphatic carbocycles. The number of methoxy groups -OCH3 is 1. The summed E-state index contributed by atoms with van der Waals surface area (Å²) in [4.78, 5) is 2.15. The molecule has 0 aromatic heterocycles. The number of rotatable bonds is 7. The van der Waals surface area contributed by atoms with Crippen LogP contribution in [0.15, 0.2) is 24.3 Å². The molecule has 0 radical (unpaired) electrons. The molecule has 0 fully saturated rings. The van der Waals surface area contributed by atoms with Gasteiger partial charge in [0, 0.05) is 31.9 Å². The minimum atomic E-state index is 0.0468. The SMILES string of the molecule is COCCN(CCC#N)c1ccc([C@@H](C)N)cc1. The monoisotopic (exact) mass is 247 g/mol. The number of nitriles is 1. The van der Waals surface area contributed by atoms with E-state index in [1.54, 1.807) is 7.11 Å². The zero-order chi connectivity index (χ0) is 13.4. The maximum Gasteiger partial charge on any atom is 0.0640 e. The number of hydrogen-bond donors (Lipinski definition) is 1. The van der Waals surface area contributed by atoms with E-state index < -0.39 is 0 Å². The van der Waals surface area contributed by atoms with Crippen LogP contribution in [0.5, 0.6) is 0 Å². The van der Waals surface area contributed by atoms with Gasteiger partial charge in [0.25, 0.3) is 0 Å². The Hall–Kier alpha value is -1.57. The molecule has 0 saturated carbocycles. The Kier molecular flexibility index (Phi) is 6.20. The van der Waals surface area contributed by atoms with Crippen molar-refractivity contribution in [2.45, 2.75) is 19.4 Å². The summed E-state index contributed by atoms with van der Waals surface area (Å²) in [6.07, 6.45) is 0.513. The summed E-state index contributed by atoms with van der Waals surface area (Å²) in [6.45, 7) is 4.13. The summed E-state index contributed by atoms with van der Waals surface area (Å²) in [5.74, 6) is 0. The van der Waals surface area contributed by atoms with E-state index in [0.717, 1.165) is 24.3 Å². The Morgan fingerprint density at radius 1 is 1.33 bits per heavy atom. The summed E-state index contributed by atoms with van der Waals surface area (Å²) in [5.41, 5.74) is 8.04. The first kappa shape index (κ1) is 14.5. The average Bonchev–Trinajstić information content (AvgIpc) is 2.39.